The maximum absolute atomic E-state index is 11.1. The minimum atomic E-state index is -0.0544. The smallest absolute Gasteiger partial charge is 0.246 e. The zero-order valence-corrected chi connectivity index (χ0v) is 9.08. The fourth-order valence-electron chi connectivity index (χ4n) is 1.45. The molecule has 1 aliphatic heterocycles. The summed E-state index contributed by atoms with van der Waals surface area (Å²) in [6.45, 7) is 0.715. The molecule has 74 valence electrons. The van der Waals surface area contributed by atoms with E-state index in [2.05, 4.69) is 21.2 Å². The van der Waals surface area contributed by atoms with Crippen LogP contribution < -0.4 is 5.32 Å². The summed E-state index contributed by atoms with van der Waals surface area (Å²) in [4.78, 5) is 11.1. The highest BCUT2D eigenvalue weighted by Gasteiger charge is 2.19. The highest BCUT2D eigenvalue weighted by molar-refractivity contribution is 9.10. The van der Waals surface area contributed by atoms with Crippen LogP contribution >= 0.6 is 15.9 Å². The second-order valence-electron chi connectivity index (χ2n) is 3.19. The van der Waals surface area contributed by atoms with E-state index in [4.69, 9.17) is 4.74 Å². The number of morpholine rings is 1. The van der Waals surface area contributed by atoms with Gasteiger partial charge in [-0.15, -0.1) is 0 Å². The number of benzene rings is 1. The van der Waals surface area contributed by atoms with Crippen molar-refractivity contribution in [1.82, 2.24) is 5.32 Å². The summed E-state index contributed by atoms with van der Waals surface area (Å²) >= 11 is 3.39. The standard InChI is InChI=1S/C10H10BrNO2/c11-8-3-1-2-7(4-8)9-5-14-6-10(13)12-9/h1-4,9H,5-6H2,(H,12,13). The van der Waals surface area contributed by atoms with Crippen molar-refractivity contribution < 1.29 is 9.53 Å². The van der Waals surface area contributed by atoms with E-state index < -0.39 is 0 Å². The average molecular weight is 256 g/mol. The lowest BCUT2D eigenvalue weighted by Crippen LogP contribution is -2.39. The molecule has 14 heavy (non-hydrogen) atoms. The molecule has 0 aliphatic carbocycles. The number of carbonyl (C=O) groups excluding carboxylic acids is 1. The van der Waals surface area contributed by atoms with Crippen molar-refractivity contribution in [3.8, 4) is 0 Å². The number of amides is 1. The largest absolute Gasteiger partial charge is 0.369 e. The first kappa shape index (κ1) is 9.68. The molecule has 4 heteroatoms. The minimum Gasteiger partial charge on any atom is -0.369 e. The summed E-state index contributed by atoms with van der Waals surface area (Å²) in [5, 5.41) is 2.88. The zero-order valence-electron chi connectivity index (χ0n) is 7.50. The summed E-state index contributed by atoms with van der Waals surface area (Å²) in [5.41, 5.74) is 1.06. The van der Waals surface area contributed by atoms with E-state index in [0.717, 1.165) is 10.0 Å². The lowest BCUT2D eigenvalue weighted by Gasteiger charge is -2.23. The number of hydrogen-bond acceptors (Lipinski definition) is 2. The van der Waals surface area contributed by atoms with Crippen LogP contribution in [-0.4, -0.2) is 19.1 Å². The van der Waals surface area contributed by atoms with Crippen LogP contribution in [0.5, 0.6) is 0 Å². The minimum absolute atomic E-state index is 0.0197. The van der Waals surface area contributed by atoms with Gasteiger partial charge in [-0.05, 0) is 17.7 Å². The Morgan fingerprint density at radius 3 is 3.07 bits per heavy atom. The molecule has 0 radical (unpaired) electrons. The van der Waals surface area contributed by atoms with Gasteiger partial charge in [0.05, 0.1) is 12.6 Å². The Kier molecular flexibility index (Phi) is 2.84. The van der Waals surface area contributed by atoms with Gasteiger partial charge in [0.15, 0.2) is 0 Å². The maximum Gasteiger partial charge on any atom is 0.246 e. The Morgan fingerprint density at radius 1 is 1.50 bits per heavy atom. The number of hydrogen-bond donors (Lipinski definition) is 1. The van der Waals surface area contributed by atoms with Crippen LogP contribution in [-0.2, 0) is 9.53 Å². The first-order valence-corrected chi connectivity index (χ1v) is 5.17. The van der Waals surface area contributed by atoms with Crippen molar-refractivity contribution in [3.63, 3.8) is 0 Å². The Hall–Kier alpha value is -0.870. The van der Waals surface area contributed by atoms with E-state index in [-0.39, 0.29) is 18.6 Å². The molecule has 0 saturated carbocycles. The van der Waals surface area contributed by atoms with Gasteiger partial charge in [0.25, 0.3) is 0 Å². The van der Waals surface area contributed by atoms with E-state index >= 15 is 0 Å². The van der Waals surface area contributed by atoms with Gasteiger partial charge < -0.3 is 10.1 Å². The molecule has 1 amide bonds. The van der Waals surface area contributed by atoms with Crippen molar-refractivity contribution in [1.29, 1.82) is 0 Å². The molecule has 1 N–H and O–H groups in total. The number of rotatable bonds is 1. The van der Waals surface area contributed by atoms with Gasteiger partial charge in [-0.25, -0.2) is 0 Å². The quantitative estimate of drug-likeness (QED) is 0.829. The number of ether oxygens (including phenoxy) is 1. The SMILES string of the molecule is O=C1COCC(c2cccc(Br)c2)N1. The van der Waals surface area contributed by atoms with Gasteiger partial charge in [-0.3, -0.25) is 4.79 Å². The molecule has 2 rings (SSSR count). The molecule has 1 aromatic rings. The van der Waals surface area contributed by atoms with Gasteiger partial charge in [0.2, 0.25) is 5.91 Å². The third kappa shape index (κ3) is 2.13. The van der Waals surface area contributed by atoms with Crippen LogP contribution in [0.1, 0.15) is 11.6 Å². The molecular weight excluding hydrogens is 246 g/mol. The molecular formula is C10H10BrNO2. The highest BCUT2D eigenvalue weighted by atomic mass is 79.9. The van der Waals surface area contributed by atoms with Crippen molar-refractivity contribution in [2.45, 2.75) is 6.04 Å². The zero-order chi connectivity index (χ0) is 9.97. The fraction of sp³-hybridized carbons (Fsp3) is 0.300. The topological polar surface area (TPSA) is 38.3 Å². The molecule has 0 aromatic heterocycles. The van der Waals surface area contributed by atoms with Crippen LogP contribution in [0, 0.1) is 0 Å². The van der Waals surface area contributed by atoms with Crippen LogP contribution in [0.25, 0.3) is 0 Å². The summed E-state index contributed by atoms with van der Waals surface area (Å²) < 4.78 is 6.17. The van der Waals surface area contributed by atoms with Gasteiger partial charge in [-0.2, -0.15) is 0 Å². The fourth-order valence-corrected chi connectivity index (χ4v) is 1.87. The van der Waals surface area contributed by atoms with Crippen LogP contribution in [0.3, 0.4) is 0 Å². The molecule has 1 heterocycles. The van der Waals surface area contributed by atoms with Gasteiger partial charge in [0.1, 0.15) is 6.61 Å². The molecule has 1 atom stereocenters. The molecule has 1 aliphatic rings. The van der Waals surface area contributed by atoms with Crippen molar-refractivity contribution >= 4 is 21.8 Å². The molecule has 1 unspecified atom stereocenters. The Morgan fingerprint density at radius 2 is 2.36 bits per heavy atom. The van der Waals surface area contributed by atoms with Crippen LogP contribution in [0.15, 0.2) is 28.7 Å². The lowest BCUT2D eigenvalue weighted by molar-refractivity contribution is -0.131. The maximum atomic E-state index is 11.1. The van der Waals surface area contributed by atoms with Crippen molar-refractivity contribution in [2.24, 2.45) is 0 Å². The molecule has 1 saturated heterocycles. The summed E-state index contributed by atoms with van der Waals surface area (Å²) in [6.07, 6.45) is 0. The average Bonchev–Trinajstić information content (AvgIpc) is 2.18. The number of halogens is 1. The van der Waals surface area contributed by atoms with Gasteiger partial charge in [0, 0.05) is 4.47 Å². The van der Waals surface area contributed by atoms with E-state index in [1.807, 2.05) is 24.3 Å². The molecule has 1 aromatic carbocycles. The normalized spacial score (nSPS) is 21.8. The highest BCUT2D eigenvalue weighted by Crippen LogP contribution is 2.19. The van der Waals surface area contributed by atoms with Gasteiger partial charge in [-0.1, -0.05) is 28.1 Å². The van der Waals surface area contributed by atoms with Crippen molar-refractivity contribution in [2.75, 3.05) is 13.2 Å². The van der Waals surface area contributed by atoms with Crippen molar-refractivity contribution in [3.05, 3.63) is 34.3 Å². The number of nitrogens with one attached hydrogen (secondary N) is 1. The summed E-state index contributed by atoms with van der Waals surface area (Å²) in [5.74, 6) is -0.0544. The summed E-state index contributed by atoms with van der Waals surface area (Å²) in [7, 11) is 0. The van der Waals surface area contributed by atoms with E-state index in [0.29, 0.717) is 6.61 Å². The third-order valence-corrected chi connectivity index (χ3v) is 2.60. The third-order valence-electron chi connectivity index (χ3n) is 2.10. The Bertz CT molecular complexity index is 354. The molecule has 1 fully saturated rings. The van der Waals surface area contributed by atoms with Gasteiger partial charge >= 0.3 is 0 Å². The van der Waals surface area contributed by atoms with Crippen LogP contribution in [0.2, 0.25) is 0 Å². The van der Waals surface area contributed by atoms with E-state index in [9.17, 15) is 4.79 Å². The predicted octanol–water partition coefficient (Wildman–Crippen LogP) is 1.64. The monoisotopic (exact) mass is 255 g/mol. The second-order valence-corrected chi connectivity index (χ2v) is 4.11. The Labute approximate surface area is 90.6 Å². The lowest BCUT2D eigenvalue weighted by atomic mass is 10.1. The van der Waals surface area contributed by atoms with E-state index in [1.165, 1.54) is 0 Å². The molecule has 0 spiro atoms. The first-order chi connectivity index (χ1) is 6.75. The second kappa shape index (κ2) is 4.11. The summed E-state index contributed by atoms with van der Waals surface area (Å²) in [6, 6.07) is 7.84. The molecule has 3 nitrogen and oxygen atoms in total. The Balaban J connectivity index is 2.17. The predicted molar refractivity (Wildman–Crippen MR) is 55.8 cm³/mol. The van der Waals surface area contributed by atoms with Crippen LogP contribution in [0.4, 0.5) is 0 Å². The number of carbonyl (C=O) groups is 1. The first-order valence-electron chi connectivity index (χ1n) is 4.38. The molecule has 0 bridgehead atoms. The van der Waals surface area contributed by atoms with E-state index in [1.54, 1.807) is 0 Å².